The molecule has 0 aromatic heterocycles. The summed E-state index contributed by atoms with van der Waals surface area (Å²) in [4.78, 5) is 3.03. The van der Waals surface area contributed by atoms with E-state index in [0.717, 1.165) is 42.6 Å². The lowest BCUT2D eigenvalue weighted by Gasteiger charge is -2.29. The van der Waals surface area contributed by atoms with Crippen LogP contribution < -0.4 is 4.74 Å². The Balaban J connectivity index is 2.00. The minimum absolute atomic E-state index is 0.285. The molecule has 0 spiro atoms. The Morgan fingerprint density at radius 3 is 2.61 bits per heavy atom. The van der Waals surface area contributed by atoms with Gasteiger partial charge in [0.05, 0.1) is 13.2 Å². The van der Waals surface area contributed by atoms with Gasteiger partial charge in [-0.3, -0.25) is 0 Å². The molecule has 1 saturated heterocycles. The van der Waals surface area contributed by atoms with Gasteiger partial charge < -0.3 is 14.4 Å². The minimum Gasteiger partial charge on any atom is -0.481 e. The van der Waals surface area contributed by atoms with E-state index in [4.69, 9.17) is 28.1 Å². The number of thiocarbonyl (C=S) groups is 1. The van der Waals surface area contributed by atoms with Gasteiger partial charge in [-0.15, -0.1) is 6.42 Å². The second-order valence-electron chi connectivity index (χ2n) is 3.92. The summed E-state index contributed by atoms with van der Waals surface area (Å²) in [6, 6.07) is 7.70. The molecule has 1 heterocycles. The van der Waals surface area contributed by atoms with E-state index in [1.165, 1.54) is 0 Å². The molecule has 1 aliphatic heterocycles. The van der Waals surface area contributed by atoms with E-state index in [1.807, 2.05) is 24.3 Å². The Bertz CT molecular complexity index is 444. The summed E-state index contributed by atoms with van der Waals surface area (Å²) in [5.41, 5.74) is 1.03. The van der Waals surface area contributed by atoms with Crippen LogP contribution in [0.5, 0.6) is 5.75 Å². The van der Waals surface area contributed by atoms with Crippen molar-refractivity contribution in [3.05, 3.63) is 29.8 Å². The Morgan fingerprint density at radius 2 is 2.00 bits per heavy atom. The van der Waals surface area contributed by atoms with Crippen LogP contribution in [0.3, 0.4) is 0 Å². The largest absolute Gasteiger partial charge is 0.481 e. The van der Waals surface area contributed by atoms with Crippen molar-refractivity contribution in [1.82, 2.24) is 4.90 Å². The van der Waals surface area contributed by atoms with Gasteiger partial charge in [0.15, 0.2) is 0 Å². The van der Waals surface area contributed by atoms with Crippen molar-refractivity contribution in [2.24, 2.45) is 0 Å². The van der Waals surface area contributed by atoms with Crippen LogP contribution in [0.25, 0.3) is 0 Å². The average molecular weight is 261 g/mol. The van der Waals surface area contributed by atoms with Crippen molar-refractivity contribution in [3.8, 4) is 18.1 Å². The molecular formula is C14H15NO2S. The smallest absolute Gasteiger partial charge is 0.148 e. The SMILES string of the molecule is C#CCOc1ccc(C(=S)N2CCOCC2)cc1. The normalized spacial score (nSPS) is 14.9. The van der Waals surface area contributed by atoms with Crippen molar-refractivity contribution in [1.29, 1.82) is 0 Å². The van der Waals surface area contributed by atoms with Crippen LogP contribution in [0, 0.1) is 12.3 Å². The number of morpholine rings is 1. The van der Waals surface area contributed by atoms with Crippen LogP contribution in [0.15, 0.2) is 24.3 Å². The summed E-state index contributed by atoms with van der Waals surface area (Å²) in [7, 11) is 0. The van der Waals surface area contributed by atoms with Crippen LogP contribution in [0.2, 0.25) is 0 Å². The Kier molecular flexibility index (Phi) is 4.57. The lowest BCUT2D eigenvalue weighted by atomic mass is 10.2. The summed E-state index contributed by atoms with van der Waals surface area (Å²) in [6.45, 7) is 3.47. The molecule has 1 fully saturated rings. The van der Waals surface area contributed by atoms with Crippen molar-refractivity contribution >= 4 is 17.2 Å². The highest BCUT2D eigenvalue weighted by Gasteiger charge is 2.14. The highest BCUT2D eigenvalue weighted by Crippen LogP contribution is 2.15. The summed E-state index contributed by atoms with van der Waals surface area (Å²) in [5.74, 6) is 3.20. The molecule has 0 atom stereocenters. The molecule has 0 N–H and O–H groups in total. The number of rotatable bonds is 3. The van der Waals surface area contributed by atoms with E-state index in [0.29, 0.717) is 0 Å². The summed E-state index contributed by atoms with van der Waals surface area (Å²) in [6.07, 6.45) is 5.14. The number of hydrogen-bond donors (Lipinski definition) is 0. The molecule has 2 rings (SSSR count). The fourth-order valence-electron chi connectivity index (χ4n) is 1.77. The first-order valence-corrected chi connectivity index (χ1v) is 6.25. The molecule has 94 valence electrons. The van der Waals surface area contributed by atoms with Crippen LogP contribution >= 0.6 is 12.2 Å². The summed E-state index contributed by atoms with van der Waals surface area (Å²) in [5, 5.41) is 0. The molecule has 0 bridgehead atoms. The Labute approximate surface area is 113 Å². The van der Waals surface area contributed by atoms with E-state index >= 15 is 0 Å². The maximum absolute atomic E-state index is 5.47. The standard InChI is InChI=1S/C14H15NO2S/c1-2-9-17-13-5-3-12(4-6-13)14(18)15-7-10-16-11-8-15/h1,3-6H,7-11H2. The zero-order valence-corrected chi connectivity index (χ0v) is 10.9. The topological polar surface area (TPSA) is 21.7 Å². The van der Waals surface area contributed by atoms with E-state index in [-0.39, 0.29) is 6.61 Å². The van der Waals surface area contributed by atoms with Crippen LogP contribution in [0.1, 0.15) is 5.56 Å². The maximum atomic E-state index is 5.47. The maximum Gasteiger partial charge on any atom is 0.148 e. The molecule has 18 heavy (non-hydrogen) atoms. The van der Waals surface area contributed by atoms with Crippen molar-refractivity contribution < 1.29 is 9.47 Å². The van der Waals surface area contributed by atoms with Crippen LogP contribution in [-0.2, 0) is 4.74 Å². The van der Waals surface area contributed by atoms with Crippen molar-refractivity contribution in [2.45, 2.75) is 0 Å². The van der Waals surface area contributed by atoms with Gasteiger partial charge in [-0.1, -0.05) is 18.1 Å². The Morgan fingerprint density at radius 1 is 1.33 bits per heavy atom. The fourth-order valence-corrected chi connectivity index (χ4v) is 2.09. The lowest BCUT2D eigenvalue weighted by Crippen LogP contribution is -2.40. The molecule has 1 aromatic rings. The van der Waals surface area contributed by atoms with E-state index in [1.54, 1.807) is 0 Å². The van der Waals surface area contributed by atoms with Crippen LogP contribution in [0.4, 0.5) is 0 Å². The molecule has 3 nitrogen and oxygen atoms in total. The van der Waals surface area contributed by atoms with Crippen LogP contribution in [-0.4, -0.2) is 42.8 Å². The zero-order chi connectivity index (χ0) is 12.8. The number of benzene rings is 1. The highest BCUT2D eigenvalue weighted by atomic mass is 32.1. The van der Waals surface area contributed by atoms with E-state index < -0.39 is 0 Å². The quantitative estimate of drug-likeness (QED) is 0.610. The predicted octanol–water partition coefficient (Wildman–Crippen LogP) is 1.71. The second kappa shape index (κ2) is 6.39. The van der Waals surface area contributed by atoms with Gasteiger partial charge in [0.1, 0.15) is 17.3 Å². The molecule has 0 saturated carbocycles. The summed E-state index contributed by atoms with van der Waals surface area (Å²) < 4.78 is 10.6. The summed E-state index contributed by atoms with van der Waals surface area (Å²) >= 11 is 5.47. The van der Waals surface area contributed by atoms with Gasteiger partial charge in [0, 0.05) is 18.7 Å². The lowest BCUT2D eigenvalue weighted by molar-refractivity contribution is 0.0693. The van der Waals surface area contributed by atoms with Gasteiger partial charge in [0.25, 0.3) is 0 Å². The van der Waals surface area contributed by atoms with Gasteiger partial charge >= 0.3 is 0 Å². The molecular weight excluding hydrogens is 246 g/mol. The Hall–Kier alpha value is -1.57. The number of hydrogen-bond acceptors (Lipinski definition) is 3. The third-order valence-corrected chi connectivity index (χ3v) is 3.22. The van der Waals surface area contributed by atoms with Gasteiger partial charge in [-0.05, 0) is 24.3 Å². The molecule has 0 radical (unpaired) electrons. The molecule has 4 heteroatoms. The first-order chi connectivity index (χ1) is 8.81. The average Bonchev–Trinajstić information content (AvgIpc) is 2.46. The van der Waals surface area contributed by atoms with E-state index in [2.05, 4.69) is 10.8 Å². The first kappa shape index (κ1) is 12.9. The number of nitrogens with zero attached hydrogens (tertiary/aromatic N) is 1. The zero-order valence-electron chi connectivity index (χ0n) is 10.1. The molecule has 1 aromatic carbocycles. The van der Waals surface area contributed by atoms with Gasteiger partial charge in [-0.25, -0.2) is 0 Å². The van der Waals surface area contributed by atoms with Gasteiger partial charge in [-0.2, -0.15) is 0 Å². The number of terminal acetylenes is 1. The van der Waals surface area contributed by atoms with Crippen molar-refractivity contribution in [2.75, 3.05) is 32.9 Å². The molecule has 0 aliphatic carbocycles. The minimum atomic E-state index is 0.285. The second-order valence-corrected chi connectivity index (χ2v) is 4.31. The highest BCUT2D eigenvalue weighted by molar-refractivity contribution is 7.80. The van der Waals surface area contributed by atoms with Gasteiger partial charge in [0.2, 0.25) is 0 Å². The molecule has 0 amide bonds. The monoisotopic (exact) mass is 261 g/mol. The number of ether oxygens (including phenoxy) is 2. The first-order valence-electron chi connectivity index (χ1n) is 5.84. The predicted molar refractivity (Wildman–Crippen MR) is 74.9 cm³/mol. The van der Waals surface area contributed by atoms with E-state index in [9.17, 15) is 0 Å². The third-order valence-electron chi connectivity index (χ3n) is 2.72. The fraction of sp³-hybridized carbons (Fsp3) is 0.357. The molecule has 0 unspecified atom stereocenters. The third kappa shape index (κ3) is 3.22. The van der Waals surface area contributed by atoms with Crippen molar-refractivity contribution in [3.63, 3.8) is 0 Å². The molecule has 1 aliphatic rings.